The van der Waals surface area contributed by atoms with E-state index in [0.29, 0.717) is 6.04 Å². The number of nitrogen functional groups attached to an aromatic ring is 1. The van der Waals surface area contributed by atoms with Gasteiger partial charge in [0.2, 0.25) is 0 Å². The topological polar surface area (TPSA) is 50.9 Å². The molecule has 2 atom stereocenters. The van der Waals surface area contributed by atoms with Crippen LogP contribution in [0.4, 0.5) is 11.4 Å². The number of anilines is 2. The predicted octanol–water partition coefficient (Wildman–Crippen LogP) is 4.05. The van der Waals surface area contributed by atoms with Crippen LogP contribution in [-0.2, 0) is 0 Å². The molecule has 2 unspecified atom stereocenters. The first-order valence-electron chi connectivity index (χ1n) is 7.01. The van der Waals surface area contributed by atoms with E-state index in [1.165, 1.54) is 6.42 Å². The van der Waals surface area contributed by atoms with Crippen molar-refractivity contribution >= 4 is 22.3 Å². The van der Waals surface area contributed by atoms with Crippen molar-refractivity contribution in [1.29, 1.82) is 0 Å². The molecule has 102 valence electrons. The molecule has 3 nitrogen and oxygen atoms in total. The molecule has 0 amide bonds. The second-order valence-electron chi connectivity index (χ2n) is 5.40. The number of nitrogens with one attached hydrogen (secondary N) is 1. The molecule has 3 heteroatoms. The average molecular weight is 257 g/mol. The fourth-order valence-corrected chi connectivity index (χ4v) is 2.39. The van der Waals surface area contributed by atoms with E-state index < -0.39 is 0 Å². The van der Waals surface area contributed by atoms with Gasteiger partial charge >= 0.3 is 0 Å². The molecule has 1 aromatic heterocycles. The van der Waals surface area contributed by atoms with Gasteiger partial charge in [0.05, 0.1) is 23.1 Å². The summed E-state index contributed by atoms with van der Waals surface area (Å²) in [5.41, 5.74) is 8.79. The number of nitrogens with two attached hydrogens (primary N) is 1. The molecule has 2 rings (SSSR count). The quantitative estimate of drug-likeness (QED) is 0.849. The molecule has 2 aromatic rings. The maximum Gasteiger partial charge on any atom is 0.0743 e. The molecule has 0 aliphatic rings. The molecule has 0 fully saturated rings. The first kappa shape index (κ1) is 13.7. The molecular weight excluding hydrogens is 234 g/mol. The lowest BCUT2D eigenvalue weighted by Gasteiger charge is -2.20. The third-order valence-electron chi connectivity index (χ3n) is 3.65. The summed E-state index contributed by atoms with van der Waals surface area (Å²) in [7, 11) is 0. The van der Waals surface area contributed by atoms with Crippen LogP contribution in [0.15, 0.2) is 30.5 Å². The van der Waals surface area contributed by atoms with Gasteiger partial charge in [0.25, 0.3) is 0 Å². The molecule has 0 spiro atoms. The minimum Gasteiger partial charge on any atom is -0.396 e. The Kier molecular flexibility index (Phi) is 4.25. The Hall–Kier alpha value is -1.77. The van der Waals surface area contributed by atoms with Gasteiger partial charge in [-0.2, -0.15) is 0 Å². The number of para-hydroxylation sites is 1. The minimum absolute atomic E-state index is 0.406. The van der Waals surface area contributed by atoms with Crippen LogP contribution >= 0.6 is 0 Å². The third-order valence-corrected chi connectivity index (χ3v) is 3.65. The van der Waals surface area contributed by atoms with Gasteiger partial charge in [0.1, 0.15) is 0 Å². The molecule has 19 heavy (non-hydrogen) atoms. The smallest absolute Gasteiger partial charge is 0.0743 e. The molecule has 0 saturated carbocycles. The summed E-state index contributed by atoms with van der Waals surface area (Å²) < 4.78 is 0. The van der Waals surface area contributed by atoms with Crippen LogP contribution in [0.2, 0.25) is 0 Å². The highest BCUT2D eigenvalue weighted by molar-refractivity contribution is 5.96. The zero-order valence-electron chi connectivity index (χ0n) is 12.0. The van der Waals surface area contributed by atoms with Gasteiger partial charge in [-0.15, -0.1) is 0 Å². The van der Waals surface area contributed by atoms with Crippen molar-refractivity contribution in [2.75, 3.05) is 11.1 Å². The van der Waals surface area contributed by atoms with Crippen LogP contribution < -0.4 is 11.1 Å². The molecule has 3 N–H and O–H groups in total. The Labute approximate surface area is 115 Å². The number of benzene rings is 1. The molecule has 0 saturated heterocycles. The van der Waals surface area contributed by atoms with Crippen LogP contribution in [0.5, 0.6) is 0 Å². The van der Waals surface area contributed by atoms with Crippen molar-refractivity contribution in [2.45, 2.75) is 39.7 Å². The SMILES string of the molecule is CCC(C)CC(C)Nc1c(N)cnc2ccccc12. The van der Waals surface area contributed by atoms with Gasteiger partial charge in [-0.05, 0) is 25.3 Å². The van der Waals surface area contributed by atoms with Crippen LogP contribution in [0.3, 0.4) is 0 Å². The van der Waals surface area contributed by atoms with Gasteiger partial charge < -0.3 is 11.1 Å². The Bertz CT molecular complexity index is 551. The normalized spacial score (nSPS) is 14.3. The van der Waals surface area contributed by atoms with E-state index in [4.69, 9.17) is 5.73 Å². The third kappa shape index (κ3) is 3.16. The highest BCUT2D eigenvalue weighted by Crippen LogP contribution is 2.29. The Balaban J connectivity index is 2.26. The first-order valence-corrected chi connectivity index (χ1v) is 7.01. The summed E-state index contributed by atoms with van der Waals surface area (Å²) >= 11 is 0. The van der Waals surface area contributed by atoms with Crippen molar-refractivity contribution < 1.29 is 0 Å². The summed E-state index contributed by atoms with van der Waals surface area (Å²) in [5, 5.41) is 4.65. The maximum atomic E-state index is 6.07. The monoisotopic (exact) mass is 257 g/mol. The minimum atomic E-state index is 0.406. The number of rotatable bonds is 5. The van der Waals surface area contributed by atoms with E-state index in [2.05, 4.69) is 37.1 Å². The van der Waals surface area contributed by atoms with Crippen molar-refractivity contribution in [1.82, 2.24) is 4.98 Å². The van der Waals surface area contributed by atoms with Gasteiger partial charge in [0.15, 0.2) is 0 Å². The number of aromatic nitrogens is 1. The lowest BCUT2D eigenvalue weighted by Crippen LogP contribution is -2.19. The van der Waals surface area contributed by atoms with Crippen LogP contribution in [-0.4, -0.2) is 11.0 Å². The van der Waals surface area contributed by atoms with Crippen molar-refractivity contribution in [3.8, 4) is 0 Å². The van der Waals surface area contributed by atoms with Crippen molar-refractivity contribution in [3.63, 3.8) is 0 Å². The summed E-state index contributed by atoms with van der Waals surface area (Å²) in [6, 6.07) is 8.50. The summed E-state index contributed by atoms with van der Waals surface area (Å²) in [4.78, 5) is 4.36. The zero-order valence-corrected chi connectivity index (χ0v) is 12.0. The van der Waals surface area contributed by atoms with E-state index in [1.54, 1.807) is 6.20 Å². The highest BCUT2D eigenvalue weighted by atomic mass is 14.9. The first-order chi connectivity index (χ1) is 9.11. The van der Waals surface area contributed by atoms with Crippen LogP contribution in [0.1, 0.15) is 33.6 Å². The summed E-state index contributed by atoms with van der Waals surface area (Å²) in [6.45, 7) is 6.72. The molecule has 1 aromatic carbocycles. The van der Waals surface area contributed by atoms with E-state index in [-0.39, 0.29) is 0 Å². The van der Waals surface area contributed by atoms with E-state index in [9.17, 15) is 0 Å². The van der Waals surface area contributed by atoms with Gasteiger partial charge in [-0.25, -0.2) is 0 Å². The van der Waals surface area contributed by atoms with E-state index in [1.807, 2.05) is 18.2 Å². The molecule has 0 aliphatic heterocycles. The molecule has 0 bridgehead atoms. The number of hydrogen-bond acceptors (Lipinski definition) is 3. The van der Waals surface area contributed by atoms with E-state index in [0.717, 1.165) is 34.6 Å². The number of pyridine rings is 1. The standard InChI is InChI=1S/C16H23N3/c1-4-11(2)9-12(3)19-16-13-7-5-6-8-15(13)18-10-14(16)17/h5-8,10-12H,4,9,17H2,1-3H3,(H,18,19). The molecule has 1 heterocycles. The van der Waals surface area contributed by atoms with Crippen molar-refractivity contribution in [2.24, 2.45) is 5.92 Å². The number of fused-ring (bicyclic) bond motifs is 1. The largest absolute Gasteiger partial charge is 0.396 e. The van der Waals surface area contributed by atoms with Crippen LogP contribution in [0.25, 0.3) is 10.9 Å². The fraction of sp³-hybridized carbons (Fsp3) is 0.438. The lowest BCUT2D eigenvalue weighted by atomic mass is 10.00. The predicted molar refractivity (Wildman–Crippen MR) is 83.3 cm³/mol. The van der Waals surface area contributed by atoms with Gasteiger partial charge in [-0.1, -0.05) is 38.5 Å². The Morgan fingerprint density at radius 3 is 2.74 bits per heavy atom. The second-order valence-corrected chi connectivity index (χ2v) is 5.40. The highest BCUT2D eigenvalue weighted by Gasteiger charge is 2.11. The zero-order chi connectivity index (χ0) is 13.8. The average Bonchev–Trinajstić information content (AvgIpc) is 2.42. The van der Waals surface area contributed by atoms with Crippen LogP contribution in [0, 0.1) is 5.92 Å². The number of hydrogen-bond donors (Lipinski definition) is 2. The molecule has 0 radical (unpaired) electrons. The summed E-state index contributed by atoms with van der Waals surface area (Å²) in [6.07, 6.45) is 4.09. The molecular formula is C16H23N3. The van der Waals surface area contributed by atoms with Crippen molar-refractivity contribution in [3.05, 3.63) is 30.5 Å². The summed E-state index contributed by atoms with van der Waals surface area (Å²) in [5.74, 6) is 0.719. The maximum absolute atomic E-state index is 6.07. The fourth-order valence-electron chi connectivity index (χ4n) is 2.39. The second kappa shape index (κ2) is 5.91. The Morgan fingerprint density at radius 2 is 2.00 bits per heavy atom. The number of nitrogens with zero attached hydrogens (tertiary/aromatic N) is 1. The van der Waals surface area contributed by atoms with Gasteiger partial charge in [-0.3, -0.25) is 4.98 Å². The van der Waals surface area contributed by atoms with Gasteiger partial charge in [0, 0.05) is 11.4 Å². The lowest BCUT2D eigenvalue weighted by molar-refractivity contribution is 0.484. The molecule has 0 aliphatic carbocycles. The van der Waals surface area contributed by atoms with E-state index >= 15 is 0 Å². The Morgan fingerprint density at radius 1 is 1.26 bits per heavy atom.